The SMILES string of the molecule is CCOC(=O)N1c2ccc(Br)cc2N(CC(=O)N(C)c2cc(C(F)(F)F)cc(C(F)(F)F)c2)CC1CC. The van der Waals surface area contributed by atoms with Gasteiger partial charge in [-0.1, -0.05) is 22.9 Å². The molecule has 0 aliphatic carbocycles. The summed E-state index contributed by atoms with van der Waals surface area (Å²) in [4.78, 5) is 29.7. The molecule has 0 N–H and O–H groups in total. The summed E-state index contributed by atoms with van der Waals surface area (Å²) in [5.74, 6) is -0.738. The molecule has 1 aliphatic rings. The number of fused-ring (bicyclic) bond motifs is 1. The van der Waals surface area contributed by atoms with E-state index >= 15 is 0 Å². The number of benzene rings is 2. The second-order valence-corrected chi connectivity index (χ2v) is 9.28. The first kappa shape index (κ1) is 28.6. The van der Waals surface area contributed by atoms with Crippen LogP contribution in [0.4, 0.5) is 48.2 Å². The maximum Gasteiger partial charge on any atom is 0.416 e. The fraction of sp³-hybridized carbons (Fsp3) is 0.417. The summed E-state index contributed by atoms with van der Waals surface area (Å²) in [5.41, 5.74) is -2.62. The highest BCUT2D eigenvalue weighted by molar-refractivity contribution is 9.10. The molecule has 2 amide bonds. The lowest BCUT2D eigenvalue weighted by molar-refractivity contribution is -0.143. The highest BCUT2D eigenvalue weighted by Crippen LogP contribution is 2.40. The van der Waals surface area contributed by atoms with Crippen molar-refractivity contribution in [3.63, 3.8) is 0 Å². The molecular weight excluding hydrogens is 572 g/mol. The molecule has 0 saturated heterocycles. The predicted octanol–water partition coefficient (Wildman–Crippen LogP) is 6.71. The van der Waals surface area contributed by atoms with Crippen LogP contribution < -0.4 is 14.7 Å². The number of hydrogen-bond donors (Lipinski definition) is 0. The summed E-state index contributed by atoms with van der Waals surface area (Å²) in [6.07, 6.45) is -10.1. The molecule has 0 spiro atoms. The van der Waals surface area contributed by atoms with Gasteiger partial charge in [0, 0.05) is 23.8 Å². The molecule has 1 unspecified atom stereocenters. The van der Waals surface area contributed by atoms with Gasteiger partial charge in [-0.2, -0.15) is 26.3 Å². The first-order valence-electron chi connectivity index (χ1n) is 11.2. The standard InChI is InChI=1S/C24H24BrF6N3O3/c1-4-17-12-33(20-11-16(25)6-7-19(20)34(17)22(36)37-5-2)13-21(35)32(3)18-9-14(23(26,27)28)8-15(10-18)24(29,30)31/h6-11,17H,4-5,12-13H2,1-3H3. The molecule has 6 nitrogen and oxygen atoms in total. The Hall–Kier alpha value is -2.96. The van der Waals surface area contributed by atoms with Crippen LogP contribution in [0.15, 0.2) is 40.9 Å². The number of nitrogens with zero attached hydrogens (tertiary/aromatic N) is 3. The van der Waals surface area contributed by atoms with Gasteiger partial charge in [-0.05, 0) is 49.7 Å². The van der Waals surface area contributed by atoms with Gasteiger partial charge in [0.15, 0.2) is 0 Å². The van der Waals surface area contributed by atoms with E-state index in [1.54, 1.807) is 30.0 Å². The van der Waals surface area contributed by atoms with Gasteiger partial charge in [-0.3, -0.25) is 9.69 Å². The Balaban J connectivity index is 1.97. The third-order valence-corrected chi connectivity index (χ3v) is 6.42. The van der Waals surface area contributed by atoms with Crippen molar-refractivity contribution in [2.75, 3.05) is 41.4 Å². The van der Waals surface area contributed by atoms with E-state index in [0.717, 1.165) is 11.9 Å². The van der Waals surface area contributed by atoms with Crippen molar-refractivity contribution < 1.29 is 40.7 Å². The molecule has 37 heavy (non-hydrogen) atoms. The molecule has 1 aliphatic heterocycles. The monoisotopic (exact) mass is 595 g/mol. The van der Waals surface area contributed by atoms with Crippen LogP contribution in [-0.4, -0.2) is 44.8 Å². The van der Waals surface area contributed by atoms with E-state index in [1.807, 2.05) is 6.92 Å². The van der Waals surface area contributed by atoms with Crippen molar-refractivity contribution in [3.05, 3.63) is 52.0 Å². The first-order chi connectivity index (χ1) is 17.2. The van der Waals surface area contributed by atoms with E-state index in [4.69, 9.17) is 4.74 Å². The zero-order valence-electron chi connectivity index (χ0n) is 20.1. The maximum atomic E-state index is 13.3. The minimum atomic E-state index is -5.04. The summed E-state index contributed by atoms with van der Waals surface area (Å²) in [6.45, 7) is 3.50. The summed E-state index contributed by atoms with van der Waals surface area (Å²) >= 11 is 3.35. The number of rotatable bonds is 5. The smallest absolute Gasteiger partial charge is 0.416 e. The topological polar surface area (TPSA) is 53.1 Å². The zero-order chi connectivity index (χ0) is 27.7. The third kappa shape index (κ3) is 6.31. The summed E-state index contributed by atoms with van der Waals surface area (Å²) in [6, 6.07) is 5.67. The van der Waals surface area contributed by atoms with Crippen LogP contribution >= 0.6 is 15.9 Å². The van der Waals surface area contributed by atoms with Crippen LogP contribution in [0.25, 0.3) is 0 Å². The lowest BCUT2D eigenvalue weighted by Crippen LogP contribution is -2.53. The average Bonchev–Trinajstić information content (AvgIpc) is 2.82. The number of likely N-dealkylation sites (N-methyl/N-ethyl adjacent to an activating group) is 1. The minimum absolute atomic E-state index is 0.00996. The van der Waals surface area contributed by atoms with Gasteiger partial charge in [0.05, 0.1) is 41.7 Å². The summed E-state index contributed by atoms with van der Waals surface area (Å²) < 4.78 is 85.6. The number of halogens is 7. The predicted molar refractivity (Wildman–Crippen MR) is 130 cm³/mol. The van der Waals surface area contributed by atoms with E-state index in [9.17, 15) is 35.9 Å². The van der Waals surface area contributed by atoms with Crippen LogP contribution in [0, 0.1) is 0 Å². The molecule has 202 valence electrons. The Labute approximate surface area is 217 Å². The van der Waals surface area contributed by atoms with Gasteiger partial charge in [0.2, 0.25) is 5.91 Å². The van der Waals surface area contributed by atoms with Crippen LogP contribution in [0.3, 0.4) is 0 Å². The second-order valence-electron chi connectivity index (χ2n) is 8.36. The van der Waals surface area contributed by atoms with Crippen LogP contribution in [0.2, 0.25) is 0 Å². The van der Waals surface area contributed by atoms with E-state index < -0.39 is 47.2 Å². The van der Waals surface area contributed by atoms with Crippen molar-refractivity contribution in [1.29, 1.82) is 0 Å². The van der Waals surface area contributed by atoms with Crippen molar-refractivity contribution in [3.8, 4) is 0 Å². The Morgan fingerprint density at radius 2 is 1.59 bits per heavy atom. The normalized spacial score (nSPS) is 15.9. The van der Waals surface area contributed by atoms with Crippen molar-refractivity contribution in [1.82, 2.24) is 0 Å². The van der Waals surface area contributed by atoms with Gasteiger partial charge in [-0.15, -0.1) is 0 Å². The number of carbonyl (C=O) groups is 2. The van der Waals surface area contributed by atoms with Gasteiger partial charge in [-0.25, -0.2) is 4.79 Å². The van der Waals surface area contributed by atoms with Gasteiger partial charge in [0.25, 0.3) is 0 Å². The Kier molecular flexibility index (Phi) is 8.35. The van der Waals surface area contributed by atoms with Gasteiger partial charge < -0.3 is 14.5 Å². The molecular formula is C24H24BrF6N3O3. The van der Waals surface area contributed by atoms with Crippen molar-refractivity contribution in [2.24, 2.45) is 0 Å². The molecule has 13 heteroatoms. The molecule has 2 aromatic rings. The molecule has 0 fully saturated rings. The van der Waals surface area contributed by atoms with Crippen LogP contribution in [-0.2, 0) is 21.9 Å². The molecule has 0 radical (unpaired) electrons. The average molecular weight is 596 g/mol. The van der Waals surface area contributed by atoms with E-state index in [2.05, 4.69) is 15.9 Å². The first-order valence-corrected chi connectivity index (χ1v) is 12.0. The molecule has 0 saturated carbocycles. The second kappa shape index (κ2) is 10.8. The fourth-order valence-electron chi connectivity index (χ4n) is 4.03. The number of ether oxygens (including phenoxy) is 1. The number of carbonyl (C=O) groups excluding carboxylic acids is 2. The fourth-order valence-corrected chi connectivity index (χ4v) is 4.38. The molecule has 0 aromatic heterocycles. The maximum absolute atomic E-state index is 13.3. The molecule has 2 aromatic carbocycles. The van der Waals surface area contributed by atoms with Crippen molar-refractivity contribution >= 4 is 45.0 Å². The van der Waals surface area contributed by atoms with E-state index in [0.29, 0.717) is 34.4 Å². The minimum Gasteiger partial charge on any atom is -0.449 e. The molecule has 3 rings (SSSR count). The molecule has 0 bridgehead atoms. The third-order valence-electron chi connectivity index (χ3n) is 5.93. The quantitative estimate of drug-likeness (QED) is 0.360. The zero-order valence-corrected chi connectivity index (χ0v) is 21.7. The van der Waals surface area contributed by atoms with Gasteiger partial charge in [0.1, 0.15) is 0 Å². The number of amides is 2. The lowest BCUT2D eigenvalue weighted by Gasteiger charge is -2.42. The Morgan fingerprint density at radius 3 is 2.11 bits per heavy atom. The van der Waals surface area contributed by atoms with Crippen LogP contribution in [0.1, 0.15) is 31.4 Å². The molecule has 1 heterocycles. The number of hydrogen-bond acceptors (Lipinski definition) is 4. The van der Waals surface area contributed by atoms with Crippen LogP contribution in [0.5, 0.6) is 0 Å². The highest BCUT2D eigenvalue weighted by Gasteiger charge is 2.39. The largest absolute Gasteiger partial charge is 0.449 e. The lowest BCUT2D eigenvalue weighted by atomic mass is 10.0. The summed E-state index contributed by atoms with van der Waals surface area (Å²) in [7, 11) is 1.12. The highest BCUT2D eigenvalue weighted by atomic mass is 79.9. The molecule has 1 atom stereocenters. The summed E-state index contributed by atoms with van der Waals surface area (Å²) in [5, 5.41) is 0. The Bertz CT molecular complexity index is 1140. The Morgan fingerprint density at radius 1 is 1.00 bits per heavy atom. The number of anilines is 3. The van der Waals surface area contributed by atoms with Crippen molar-refractivity contribution in [2.45, 2.75) is 38.7 Å². The van der Waals surface area contributed by atoms with E-state index in [-0.39, 0.29) is 25.8 Å². The van der Waals surface area contributed by atoms with Gasteiger partial charge >= 0.3 is 18.4 Å². The van der Waals surface area contributed by atoms with E-state index in [1.165, 1.54) is 4.90 Å². The number of alkyl halides is 6.